The summed E-state index contributed by atoms with van der Waals surface area (Å²) < 4.78 is 28.7. The van der Waals surface area contributed by atoms with Crippen LogP contribution in [-0.2, 0) is 14.6 Å². The van der Waals surface area contributed by atoms with E-state index in [4.69, 9.17) is 4.74 Å². The number of nitrogens with one attached hydrogen (secondary N) is 1. The van der Waals surface area contributed by atoms with Crippen molar-refractivity contribution >= 4 is 9.84 Å². The average molecular weight is 249 g/mol. The lowest BCUT2D eigenvalue weighted by Crippen LogP contribution is -2.39. The maximum absolute atomic E-state index is 11.5. The van der Waals surface area contributed by atoms with Gasteiger partial charge >= 0.3 is 0 Å². The van der Waals surface area contributed by atoms with Crippen LogP contribution >= 0.6 is 0 Å². The first-order valence-electron chi connectivity index (χ1n) is 5.92. The van der Waals surface area contributed by atoms with E-state index in [1.54, 1.807) is 13.8 Å². The fourth-order valence-corrected chi connectivity index (χ4v) is 2.68. The molecular formula is C11H23NO3S. The van der Waals surface area contributed by atoms with Crippen LogP contribution in [-0.4, -0.2) is 44.7 Å². The monoisotopic (exact) mass is 249 g/mol. The van der Waals surface area contributed by atoms with E-state index in [-0.39, 0.29) is 16.6 Å². The van der Waals surface area contributed by atoms with Gasteiger partial charge in [0.25, 0.3) is 0 Å². The zero-order chi connectivity index (χ0) is 12.2. The molecule has 4 nitrogen and oxygen atoms in total. The molecule has 1 rings (SSSR count). The summed E-state index contributed by atoms with van der Waals surface area (Å²) >= 11 is 0. The molecule has 5 heteroatoms. The zero-order valence-electron chi connectivity index (χ0n) is 10.5. The van der Waals surface area contributed by atoms with Gasteiger partial charge in [0.1, 0.15) is 0 Å². The quantitative estimate of drug-likeness (QED) is 0.713. The van der Waals surface area contributed by atoms with Gasteiger partial charge in [-0.2, -0.15) is 0 Å². The predicted molar refractivity (Wildman–Crippen MR) is 65.4 cm³/mol. The average Bonchev–Trinajstić information content (AvgIpc) is 2.60. The minimum Gasteiger partial charge on any atom is -0.374 e. The molecule has 0 spiro atoms. The smallest absolute Gasteiger partial charge is 0.153 e. The molecule has 0 amide bonds. The number of ether oxygens (including phenoxy) is 1. The number of hydrogen-bond acceptors (Lipinski definition) is 4. The SMILES string of the molecule is CC(C)S(=O)(=O)CCNCC1(C)CCCO1. The number of sulfone groups is 1. The van der Waals surface area contributed by atoms with Crippen molar-refractivity contribution in [2.24, 2.45) is 0 Å². The summed E-state index contributed by atoms with van der Waals surface area (Å²) in [5.41, 5.74) is -0.0956. The van der Waals surface area contributed by atoms with Crippen LogP contribution in [0.2, 0.25) is 0 Å². The van der Waals surface area contributed by atoms with Crippen LogP contribution in [0, 0.1) is 0 Å². The summed E-state index contributed by atoms with van der Waals surface area (Å²) in [7, 11) is -2.92. The first kappa shape index (κ1) is 13.9. The van der Waals surface area contributed by atoms with Crippen LogP contribution in [0.25, 0.3) is 0 Å². The van der Waals surface area contributed by atoms with Crippen molar-refractivity contribution in [1.29, 1.82) is 0 Å². The Hall–Kier alpha value is -0.130. The van der Waals surface area contributed by atoms with E-state index in [2.05, 4.69) is 12.2 Å². The molecule has 0 aromatic rings. The van der Waals surface area contributed by atoms with Crippen molar-refractivity contribution in [1.82, 2.24) is 5.32 Å². The molecule has 1 aliphatic heterocycles. The van der Waals surface area contributed by atoms with Gasteiger partial charge in [0.2, 0.25) is 0 Å². The molecule has 1 atom stereocenters. The Morgan fingerprint density at radius 1 is 1.44 bits per heavy atom. The van der Waals surface area contributed by atoms with Crippen LogP contribution in [0.4, 0.5) is 0 Å². The van der Waals surface area contributed by atoms with E-state index in [0.717, 1.165) is 26.0 Å². The lowest BCUT2D eigenvalue weighted by Gasteiger charge is -2.23. The number of hydrogen-bond donors (Lipinski definition) is 1. The zero-order valence-corrected chi connectivity index (χ0v) is 11.3. The lowest BCUT2D eigenvalue weighted by atomic mass is 10.0. The maximum Gasteiger partial charge on any atom is 0.153 e. The van der Waals surface area contributed by atoms with Crippen LogP contribution in [0.15, 0.2) is 0 Å². The van der Waals surface area contributed by atoms with Gasteiger partial charge in [-0.05, 0) is 33.6 Å². The van der Waals surface area contributed by atoms with E-state index in [0.29, 0.717) is 6.54 Å². The van der Waals surface area contributed by atoms with Gasteiger partial charge in [-0.1, -0.05) is 0 Å². The summed E-state index contributed by atoms with van der Waals surface area (Å²) in [6.45, 7) is 7.58. The molecule has 1 aliphatic rings. The van der Waals surface area contributed by atoms with Gasteiger partial charge in [0.05, 0.1) is 16.6 Å². The standard InChI is InChI=1S/C11H23NO3S/c1-10(2)16(13,14)8-6-12-9-11(3)5-4-7-15-11/h10,12H,4-9H2,1-3H3. The number of rotatable bonds is 6. The van der Waals surface area contributed by atoms with E-state index >= 15 is 0 Å². The second kappa shape index (κ2) is 5.47. The largest absolute Gasteiger partial charge is 0.374 e. The van der Waals surface area contributed by atoms with Gasteiger partial charge in [-0.3, -0.25) is 0 Å². The summed E-state index contributed by atoms with van der Waals surface area (Å²) in [5.74, 6) is 0.209. The second-order valence-corrected chi connectivity index (χ2v) is 7.67. The highest BCUT2D eigenvalue weighted by molar-refractivity contribution is 7.92. The fourth-order valence-electron chi connectivity index (χ4n) is 1.78. The Kier molecular flexibility index (Phi) is 4.76. The van der Waals surface area contributed by atoms with Crippen molar-refractivity contribution in [3.8, 4) is 0 Å². The third kappa shape index (κ3) is 4.03. The minimum atomic E-state index is -2.92. The topological polar surface area (TPSA) is 55.4 Å². The Morgan fingerprint density at radius 2 is 2.12 bits per heavy atom. The Labute approximate surface area is 98.7 Å². The van der Waals surface area contributed by atoms with Gasteiger partial charge in [0, 0.05) is 19.7 Å². The van der Waals surface area contributed by atoms with E-state index in [1.807, 2.05) is 0 Å². The molecule has 0 aromatic heterocycles. The molecule has 1 heterocycles. The highest BCUT2D eigenvalue weighted by Gasteiger charge is 2.29. The molecule has 1 unspecified atom stereocenters. The predicted octanol–water partition coefficient (Wildman–Crippen LogP) is 0.968. The highest BCUT2D eigenvalue weighted by atomic mass is 32.2. The van der Waals surface area contributed by atoms with Crippen molar-refractivity contribution in [3.63, 3.8) is 0 Å². The molecule has 0 saturated carbocycles. The Bertz CT molecular complexity index is 305. The van der Waals surface area contributed by atoms with Crippen molar-refractivity contribution < 1.29 is 13.2 Å². The molecule has 0 radical (unpaired) electrons. The Morgan fingerprint density at radius 3 is 2.62 bits per heavy atom. The first-order valence-corrected chi connectivity index (χ1v) is 7.63. The summed E-state index contributed by atoms with van der Waals surface area (Å²) in [6.07, 6.45) is 2.15. The maximum atomic E-state index is 11.5. The third-order valence-electron chi connectivity index (χ3n) is 3.08. The molecule has 16 heavy (non-hydrogen) atoms. The van der Waals surface area contributed by atoms with Crippen LogP contribution in [0.5, 0.6) is 0 Å². The van der Waals surface area contributed by atoms with E-state index < -0.39 is 9.84 Å². The fraction of sp³-hybridized carbons (Fsp3) is 1.00. The normalized spacial score (nSPS) is 26.5. The molecule has 0 aliphatic carbocycles. The van der Waals surface area contributed by atoms with Gasteiger partial charge in [0.15, 0.2) is 9.84 Å². The first-order chi connectivity index (χ1) is 7.36. The van der Waals surface area contributed by atoms with Crippen LogP contribution in [0.3, 0.4) is 0 Å². The Balaban J connectivity index is 2.22. The molecule has 0 bridgehead atoms. The summed E-state index contributed by atoms with van der Waals surface area (Å²) in [4.78, 5) is 0. The summed E-state index contributed by atoms with van der Waals surface area (Å²) in [6, 6.07) is 0. The van der Waals surface area contributed by atoms with Crippen LogP contribution in [0.1, 0.15) is 33.6 Å². The molecule has 1 N–H and O–H groups in total. The third-order valence-corrected chi connectivity index (χ3v) is 5.29. The molecule has 0 aromatic carbocycles. The van der Waals surface area contributed by atoms with Gasteiger partial charge in [-0.25, -0.2) is 8.42 Å². The van der Waals surface area contributed by atoms with Crippen molar-refractivity contribution in [2.75, 3.05) is 25.4 Å². The van der Waals surface area contributed by atoms with Gasteiger partial charge < -0.3 is 10.1 Å². The molecule has 96 valence electrons. The van der Waals surface area contributed by atoms with Crippen molar-refractivity contribution in [3.05, 3.63) is 0 Å². The lowest BCUT2D eigenvalue weighted by molar-refractivity contribution is 0.0214. The van der Waals surface area contributed by atoms with Gasteiger partial charge in [-0.15, -0.1) is 0 Å². The highest BCUT2D eigenvalue weighted by Crippen LogP contribution is 2.23. The summed E-state index contributed by atoms with van der Waals surface area (Å²) in [5, 5.41) is 2.89. The molecule has 1 fully saturated rings. The molecular weight excluding hydrogens is 226 g/mol. The second-order valence-electron chi connectivity index (χ2n) is 4.99. The van der Waals surface area contributed by atoms with E-state index in [9.17, 15) is 8.42 Å². The molecule has 1 saturated heterocycles. The van der Waals surface area contributed by atoms with Crippen molar-refractivity contribution in [2.45, 2.75) is 44.5 Å². The van der Waals surface area contributed by atoms with Crippen LogP contribution < -0.4 is 5.32 Å². The van der Waals surface area contributed by atoms with E-state index in [1.165, 1.54) is 0 Å². The minimum absolute atomic E-state index is 0.0956.